The summed E-state index contributed by atoms with van der Waals surface area (Å²) in [6.45, 7) is 2.29. The summed E-state index contributed by atoms with van der Waals surface area (Å²) in [4.78, 5) is 16.5. The molecule has 1 aliphatic heterocycles. The average molecular weight is 418 g/mol. The number of hydrogen-bond donors (Lipinski definition) is 2. The Balaban J connectivity index is 1.51. The van der Waals surface area contributed by atoms with Crippen molar-refractivity contribution in [1.29, 1.82) is 0 Å². The van der Waals surface area contributed by atoms with Gasteiger partial charge in [0.15, 0.2) is 0 Å². The van der Waals surface area contributed by atoms with E-state index in [4.69, 9.17) is 9.84 Å². The Kier molecular flexibility index (Phi) is 7.41. The minimum atomic E-state index is -0.826. The maximum atomic E-state index is 12.6. The molecular weight excluding hydrogens is 386 g/mol. The van der Waals surface area contributed by atoms with Crippen molar-refractivity contribution in [3.05, 3.63) is 41.7 Å². The van der Waals surface area contributed by atoms with E-state index in [9.17, 15) is 9.90 Å². The lowest BCUT2D eigenvalue weighted by Gasteiger charge is -2.31. The van der Waals surface area contributed by atoms with Gasteiger partial charge >= 0.3 is 0 Å². The van der Waals surface area contributed by atoms with Crippen molar-refractivity contribution in [1.82, 2.24) is 24.8 Å². The van der Waals surface area contributed by atoms with Gasteiger partial charge in [-0.2, -0.15) is 0 Å². The number of methoxy groups -OCH3 is 1. The van der Waals surface area contributed by atoms with Gasteiger partial charge in [-0.05, 0) is 44.0 Å². The van der Waals surface area contributed by atoms with Crippen molar-refractivity contribution in [2.45, 2.75) is 44.6 Å². The maximum Gasteiger partial charge on any atom is 0.244 e. The average Bonchev–Trinajstić information content (AvgIpc) is 3.09. The summed E-state index contributed by atoms with van der Waals surface area (Å²) in [6.07, 6.45) is 3.50. The van der Waals surface area contributed by atoms with Crippen LogP contribution in [0.2, 0.25) is 0 Å². The molecule has 1 amide bonds. The highest BCUT2D eigenvalue weighted by Gasteiger charge is 2.32. The van der Waals surface area contributed by atoms with Gasteiger partial charge in [-0.3, -0.25) is 9.69 Å². The molecule has 1 aliphatic rings. The molecule has 0 bridgehead atoms. The van der Waals surface area contributed by atoms with E-state index in [1.165, 1.54) is 4.68 Å². The number of likely N-dealkylation sites (N-methyl/N-ethyl adjacent to an activating group) is 1. The van der Waals surface area contributed by atoms with Crippen LogP contribution < -0.4 is 4.74 Å². The lowest BCUT2D eigenvalue weighted by Crippen LogP contribution is -2.42. The lowest BCUT2D eigenvalue weighted by molar-refractivity contribution is -0.132. The summed E-state index contributed by atoms with van der Waals surface area (Å²) >= 11 is 0. The van der Waals surface area contributed by atoms with Crippen molar-refractivity contribution >= 4 is 5.91 Å². The Labute approximate surface area is 176 Å². The summed E-state index contributed by atoms with van der Waals surface area (Å²) in [7, 11) is 3.65. The molecule has 0 aliphatic carbocycles. The van der Waals surface area contributed by atoms with E-state index >= 15 is 0 Å². The van der Waals surface area contributed by atoms with Crippen LogP contribution in [0.15, 0.2) is 30.5 Å². The van der Waals surface area contributed by atoms with Crippen LogP contribution >= 0.6 is 0 Å². The minimum absolute atomic E-state index is 0.0553. The number of rotatable bonds is 8. The first-order valence-corrected chi connectivity index (χ1v) is 10.2. The van der Waals surface area contributed by atoms with Gasteiger partial charge in [-0.25, -0.2) is 4.68 Å². The number of aromatic nitrogens is 3. The molecule has 0 radical (unpaired) electrons. The smallest absolute Gasteiger partial charge is 0.244 e. The molecule has 9 nitrogen and oxygen atoms in total. The zero-order chi connectivity index (χ0) is 21.6. The Morgan fingerprint density at radius 1 is 1.27 bits per heavy atom. The molecule has 2 N–H and O–H groups in total. The number of likely N-dealkylation sites (tertiary alicyclic amines) is 1. The Morgan fingerprint density at radius 2 is 2.03 bits per heavy atom. The fraction of sp³-hybridized carbons (Fsp3) is 0.571. The topological polar surface area (TPSA) is 104 Å². The minimum Gasteiger partial charge on any atom is -0.497 e. The molecule has 1 fully saturated rings. The Hall–Kier alpha value is -2.49. The second kappa shape index (κ2) is 10.0. The number of amides is 1. The molecule has 2 heterocycles. The van der Waals surface area contributed by atoms with Crippen molar-refractivity contribution in [3.8, 4) is 5.75 Å². The van der Waals surface area contributed by atoms with Gasteiger partial charge in [0.25, 0.3) is 0 Å². The maximum absolute atomic E-state index is 12.6. The number of carbonyl (C=O) groups is 1. The van der Waals surface area contributed by atoms with E-state index in [1.807, 2.05) is 31.3 Å². The zero-order valence-corrected chi connectivity index (χ0v) is 17.7. The highest BCUT2D eigenvalue weighted by molar-refractivity contribution is 5.75. The van der Waals surface area contributed by atoms with E-state index < -0.39 is 5.60 Å². The molecule has 164 valence electrons. The van der Waals surface area contributed by atoms with Gasteiger partial charge in [-0.1, -0.05) is 17.3 Å². The first-order valence-electron chi connectivity index (χ1n) is 10.2. The molecule has 1 aromatic carbocycles. The molecule has 1 unspecified atom stereocenters. The largest absolute Gasteiger partial charge is 0.497 e. The van der Waals surface area contributed by atoms with Gasteiger partial charge in [0.05, 0.1) is 25.5 Å². The molecule has 9 heteroatoms. The van der Waals surface area contributed by atoms with Crippen LogP contribution in [0.25, 0.3) is 0 Å². The van der Waals surface area contributed by atoms with Gasteiger partial charge < -0.3 is 19.8 Å². The summed E-state index contributed by atoms with van der Waals surface area (Å²) in [6, 6.07) is 7.93. The van der Waals surface area contributed by atoms with Crippen LogP contribution in [-0.2, 0) is 24.5 Å². The molecule has 0 spiro atoms. The van der Waals surface area contributed by atoms with Crippen LogP contribution in [0.5, 0.6) is 5.75 Å². The quantitative estimate of drug-likeness (QED) is 0.650. The highest BCUT2D eigenvalue weighted by Crippen LogP contribution is 2.24. The van der Waals surface area contributed by atoms with Crippen LogP contribution in [0.1, 0.15) is 30.5 Å². The van der Waals surface area contributed by atoms with Crippen LogP contribution in [0.4, 0.5) is 0 Å². The third kappa shape index (κ3) is 6.01. The van der Waals surface area contributed by atoms with E-state index in [2.05, 4.69) is 15.2 Å². The predicted octanol–water partition coefficient (Wildman–Crippen LogP) is 0.655. The third-order valence-corrected chi connectivity index (χ3v) is 5.49. The number of hydrogen-bond acceptors (Lipinski definition) is 7. The molecule has 30 heavy (non-hydrogen) atoms. The summed E-state index contributed by atoms with van der Waals surface area (Å²) in [5, 5.41) is 27.9. The lowest BCUT2D eigenvalue weighted by atomic mass is 9.94. The van der Waals surface area contributed by atoms with Crippen LogP contribution in [0.3, 0.4) is 0 Å². The standard InChI is InChI=1S/C21H31N5O4/c1-24(12-17-4-6-19(30-2)7-5-17)16-21(29)8-3-10-25(11-9-21)20(28)14-26-13-18(15-27)22-23-26/h4-7,13,27,29H,3,8-12,14-16H2,1-2H3. The van der Waals surface area contributed by atoms with Gasteiger partial charge in [0.2, 0.25) is 5.91 Å². The second-order valence-corrected chi connectivity index (χ2v) is 8.04. The Bertz CT molecular complexity index is 825. The molecule has 1 atom stereocenters. The van der Waals surface area contributed by atoms with E-state index in [1.54, 1.807) is 18.2 Å². The normalized spacial score (nSPS) is 19.7. The highest BCUT2D eigenvalue weighted by atomic mass is 16.5. The van der Waals surface area contributed by atoms with Gasteiger partial charge in [-0.15, -0.1) is 5.10 Å². The molecule has 2 aromatic rings. The first-order chi connectivity index (χ1) is 14.4. The predicted molar refractivity (Wildman–Crippen MR) is 111 cm³/mol. The number of nitrogens with zero attached hydrogens (tertiary/aromatic N) is 5. The van der Waals surface area contributed by atoms with Crippen LogP contribution in [0, 0.1) is 0 Å². The molecule has 0 saturated carbocycles. The SMILES string of the molecule is COc1ccc(CN(C)CC2(O)CCCN(C(=O)Cn3cc(CO)nn3)CC2)cc1. The van der Waals surface area contributed by atoms with Gasteiger partial charge in [0.1, 0.15) is 18.0 Å². The molecular formula is C21H31N5O4. The number of aliphatic hydroxyl groups excluding tert-OH is 1. The van der Waals surface area contributed by atoms with Crippen molar-refractivity contribution in [2.75, 3.05) is 33.8 Å². The first kappa shape index (κ1) is 22.2. The zero-order valence-electron chi connectivity index (χ0n) is 17.7. The summed E-state index contributed by atoms with van der Waals surface area (Å²) in [5.74, 6) is 0.771. The number of benzene rings is 1. The van der Waals surface area contributed by atoms with Crippen molar-refractivity contribution < 1.29 is 19.7 Å². The monoisotopic (exact) mass is 417 g/mol. The van der Waals surface area contributed by atoms with E-state index in [-0.39, 0.29) is 19.1 Å². The fourth-order valence-corrected chi connectivity index (χ4v) is 3.91. The van der Waals surface area contributed by atoms with E-state index in [0.29, 0.717) is 38.2 Å². The van der Waals surface area contributed by atoms with Crippen molar-refractivity contribution in [2.24, 2.45) is 0 Å². The van der Waals surface area contributed by atoms with E-state index in [0.717, 1.165) is 24.3 Å². The number of carbonyl (C=O) groups excluding carboxylic acids is 1. The molecule has 1 aromatic heterocycles. The van der Waals surface area contributed by atoms with Crippen molar-refractivity contribution in [3.63, 3.8) is 0 Å². The summed E-state index contributed by atoms with van der Waals surface area (Å²) < 4.78 is 6.63. The van der Waals surface area contributed by atoms with Crippen LogP contribution in [-0.4, -0.2) is 80.3 Å². The fourth-order valence-electron chi connectivity index (χ4n) is 3.91. The van der Waals surface area contributed by atoms with Gasteiger partial charge in [0, 0.05) is 26.2 Å². The summed E-state index contributed by atoms with van der Waals surface area (Å²) in [5.41, 5.74) is 0.767. The second-order valence-electron chi connectivity index (χ2n) is 8.04. The Morgan fingerprint density at radius 3 is 2.70 bits per heavy atom. The number of ether oxygens (including phenoxy) is 1. The molecule has 1 saturated heterocycles. The third-order valence-electron chi connectivity index (χ3n) is 5.49. The number of aliphatic hydroxyl groups is 2. The molecule has 3 rings (SSSR count).